The van der Waals surface area contributed by atoms with E-state index in [0.29, 0.717) is 34.9 Å². The molecular weight excluding hydrogens is 385 g/mol. The smallest absolute Gasteiger partial charge is 0.149 e. The van der Waals surface area contributed by atoms with Crippen molar-refractivity contribution in [1.29, 1.82) is 0 Å². The minimum atomic E-state index is -1.09. The SMILES string of the molecule is CC1(C)C[C@H](Nc2ccc(-c3ncc(-c4cc[nH]n4)cc3O)nn2)[C@H](F)C(C)(C)N1. The van der Waals surface area contributed by atoms with Crippen LogP contribution in [-0.2, 0) is 0 Å². The van der Waals surface area contributed by atoms with Crippen LogP contribution in [-0.4, -0.2) is 53.8 Å². The molecule has 1 saturated heterocycles. The van der Waals surface area contributed by atoms with Gasteiger partial charge in [-0.1, -0.05) is 0 Å². The highest BCUT2D eigenvalue weighted by molar-refractivity contribution is 5.68. The summed E-state index contributed by atoms with van der Waals surface area (Å²) in [5.41, 5.74) is 1.26. The summed E-state index contributed by atoms with van der Waals surface area (Å²) < 4.78 is 15.0. The van der Waals surface area contributed by atoms with E-state index in [0.717, 1.165) is 0 Å². The molecule has 30 heavy (non-hydrogen) atoms. The number of nitrogens with zero attached hydrogens (tertiary/aromatic N) is 4. The van der Waals surface area contributed by atoms with Crippen molar-refractivity contribution in [3.63, 3.8) is 0 Å². The summed E-state index contributed by atoms with van der Waals surface area (Å²) in [5, 5.41) is 32.1. The Morgan fingerprint density at radius 3 is 2.57 bits per heavy atom. The first kappa shape index (κ1) is 20.2. The molecule has 4 N–H and O–H groups in total. The summed E-state index contributed by atoms with van der Waals surface area (Å²) in [5.74, 6) is 0.462. The first-order chi connectivity index (χ1) is 14.1. The Labute approximate surface area is 174 Å². The van der Waals surface area contributed by atoms with E-state index in [-0.39, 0.29) is 11.3 Å². The van der Waals surface area contributed by atoms with Gasteiger partial charge in [-0.15, -0.1) is 10.2 Å². The molecule has 9 heteroatoms. The van der Waals surface area contributed by atoms with Gasteiger partial charge in [0, 0.05) is 29.0 Å². The van der Waals surface area contributed by atoms with Crippen molar-refractivity contribution in [2.24, 2.45) is 0 Å². The third-order valence-corrected chi connectivity index (χ3v) is 5.34. The number of aromatic nitrogens is 5. The van der Waals surface area contributed by atoms with Crippen molar-refractivity contribution >= 4 is 5.82 Å². The number of H-pyrrole nitrogens is 1. The minimum Gasteiger partial charge on any atom is -0.506 e. The summed E-state index contributed by atoms with van der Waals surface area (Å²) in [6.07, 6.45) is 2.83. The van der Waals surface area contributed by atoms with Gasteiger partial charge in [-0.2, -0.15) is 5.10 Å². The average molecular weight is 411 g/mol. The Morgan fingerprint density at radius 1 is 1.13 bits per heavy atom. The monoisotopic (exact) mass is 411 g/mol. The summed E-state index contributed by atoms with van der Waals surface area (Å²) in [4.78, 5) is 4.30. The molecule has 0 radical (unpaired) electrons. The average Bonchev–Trinajstić information content (AvgIpc) is 3.20. The van der Waals surface area contributed by atoms with Crippen LogP contribution >= 0.6 is 0 Å². The number of piperidine rings is 1. The van der Waals surface area contributed by atoms with Crippen LogP contribution in [0.5, 0.6) is 5.75 Å². The van der Waals surface area contributed by atoms with Crippen LogP contribution in [0.15, 0.2) is 36.7 Å². The number of anilines is 1. The van der Waals surface area contributed by atoms with Crippen molar-refractivity contribution in [2.45, 2.75) is 57.4 Å². The Balaban J connectivity index is 1.52. The molecule has 1 aliphatic rings. The van der Waals surface area contributed by atoms with Gasteiger partial charge in [0.15, 0.2) is 0 Å². The van der Waals surface area contributed by atoms with Crippen molar-refractivity contribution in [3.8, 4) is 28.4 Å². The quantitative estimate of drug-likeness (QED) is 0.521. The maximum atomic E-state index is 15.0. The van der Waals surface area contributed by atoms with Crippen LogP contribution in [0.4, 0.5) is 10.2 Å². The summed E-state index contributed by atoms with van der Waals surface area (Å²) >= 11 is 0. The van der Waals surface area contributed by atoms with E-state index in [4.69, 9.17) is 0 Å². The molecule has 3 aromatic rings. The number of halogens is 1. The number of rotatable bonds is 4. The lowest BCUT2D eigenvalue weighted by Gasteiger charge is -2.48. The van der Waals surface area contributed by atoms with E-state index in [1.807, 2.05) is 13.8 Å². The second-order valence-electron chi connectivity index (χ2n) is 8.94. The fourth-order valence-electron chi connectivity index (χ4n) is 4.21. The maximum Gasteiger partial charge on any atom is 0.149 e. The molecule has 3 aromatic heterocycles. The van der Waals surface area contributed by atoms with Crippen molar-refractivity contribution < 1.29 is 9.50 Å². The van der Waals surface area contributed by atoms with Gasteiger partial charge >= 0.3 is 0 Å². The second kappa shape index (κ2) is 7.32. The van der Waals surface area contributed by atoms with Crippen LogP contribution in [0.3, 0.4) is 0 Å². The largest absolute Gasteiger partial charge is 0.506 e. The van der Waals surface area contributed by atoms with Gasteiger partial charge in [0.05, 0.1) is 11.7 Å². The highest BCUT2D eigenvalue weighted by Gasteiger charge is 2.46. The van der Waals surface area contributed by atoms with Crippen molar-refractivity contribution in [1.82, 2.24) is 30.7 Å². The van der Waals surface area contributed by atoms with Gasteiger partial charge in [-0.05, 0) is 58.4 Å². The first-order valence-electron chi connectivity index (χ1n) is 9.88. The third-order valence-electron chi connectivity index (χ3n) is 5.34. The molecule has 1 aliphatic heterocycles. The van der Waals surface area contributed by atoms with Gasteiger partial charge in [0.2, 0.25) is 0 Å². The molecule has 8 nitrogen and oxygen atoms in total. The van der Waals surface area contributed by atoms with Gasteiger partial charge in [0.25, 0.3) is 0 Å². The topological polar surface area (TPSA) is 112 Å². The van der Waals surface area contributed by atoms with Crippen molar-refractivity contribution in [2.75, 3.05) is 5.32 Å². The van der Waals surface area contributed by atoms with Gasteiger partial charge in [0.1, 0.15) is 29.1 Å². The molecule has 158 valence electrons. The predicted molar refractivity (Wildman–Crippen MR) is 113 cm³/mol. The summed E-state index contributed by atoms with van der Waals surface area (Å²) in [6.45, 7) is 7.85. The standard InChI is InChI=1S/C21H26FN7O/c1-20(2)10-15(19(22)21(3,4)29-20)25-17-6-5-14(27-28-17)18-16(30)9-12(11-23-18)13-7-8-24-26-13/h5-9,11,15,19,29-30H,10H2,1-4H3,(H,24,26)(H,25,28)/t15-,19-/m0/s1. The first-order valence-corrected chi connectivity index (χ1v) is 9.88. The molecule has 4 rings (SSSR count). The maximum absolute atomic E-state index is 15.0. The zero-order chi connectivity index (χ0) is 21.5. The fraction of sp³-hybridized carbons (Fsp3) is 0.429. The number of alkyl halides is 1. The Kier molecular flexibility index (Phi) is 4.93. The molecule has 0 spiro atoms. The molecule has 0 amide bonds. The predicted octanol–water partition coefficient (Wildman–Crippen LogP) is 3.30. The Bertz CT molecular complexity index is 1020. The molecule has 1 fully saturated rings. The molecule has 4 heterocycles. The lowest BCUT2D eigenvalue weighted by molar-refractivity contribution is 0.0655. The Morgan fingerprint density at radius 2 is 1.93 bits per heavy atom. The zero-order valence-corrected chi connectivity index (χ0v) is 17.4. The molecule has 0 unspecified atom stereocenters. The number of aromatic hydroxyl groups is 1. The zero-order valence-electron chi connectivity index (χ0n) is 17.4. The number of pyridine rings is 1. The molecule has 0 bridgehead atoms. The highest BCUT2D eigenvalue weighted by atomic mass is 19.1. The van der Waals surface area contributed by atoms with E-state index in [9.17, 15) is 9.50 Å². The minimum absolute atomic E-state index is 0.0174. The number of hydrogen-bond acceptors (Lipinski definition) is 7. The van der Waals surface area contributed by atoms with Crippen LogP contribution in [0.2, 0.25) is 0 Å². The van der Waals surface area contributed by atoms with E-state index in [1.165, 1.54) is 0 Å². The molecule has 0 aromatic carbocycles. The van der Waals surface area contributed by atoms with Gasteiger partial charge in [-0.25, -0.2) is 9.37 Å². The molecular formula is C21H26FN7O. The van der Waals surface area contributed by atoms with E-state index in [1.54, 1.807) is 36.7 Å². The van der Waals surface area contributed by atoms with Crippen LogP contribution in [0, 0.1) is 0 Å². The summed E-state index contributed by atoms with van der Waals surface area (Å²) in [7, 11) is 0. The van der Waals surface area contributed by atoms with Crippen LogP contribution < -0.4 is 10.6 Å². The highest BCUT2D eigenvalue weighted by Crippen LogP contribution is 2.33. The molecule has 0 saturated carbocycles. The lowest BCUT2D eigenvalue weighted by Crippen LogP contribution is -2.67. The van der Waals surface area contributed by atoms with Crippen molar-refractivity contribution in [3.05, 3.63) is 36.7 Å². The number of nitrogens with one attached hydrogen (secondary N) is 3. The van der Waals surface area contributed by atoms with E-state index in [2.05, 4.69) is 49.9 Å². The fourth-order valence-corrected chi connectivity index (χ4v) is 4.21. The molecule has 2 atom stereocenters. The summed E-state index contributed by atoms with van der Waals surface area (Å²) in [6, 6.07) is 6.41. The normalized spacial score (nSPS) is 22.6. The number of aromatic amines is 1. The second-order valence-corrected chi connectivity index (χ2v) is 8.94. The Hall–Kier alpha value is -3.07. The van der Waals surface area contributed by atoms with Crippen LogP contribution in [0.1, 0.15) is 34.1 Å². The van der Waals surface area contributed by atoms with E-state index < -0.39 is 17.8 Å². The number of hydrogen-bond donors (Lipinski definition) is 4. The van der Waals surface area contributed by atoms with Crippen LogP contribution in [0.25, 0.3) is 22.6 Å². The van der Waals surface area contributed by atoms with E-state index >= 15 is 0 Å². The van der Waals surface area contributed by atoms with Gasteiger partial charge < -0.3 is 15.7 Å². The lowest BCUT2D eigenvalue weighted by atomic mass is 9.78. The molecule has 0 aliphatic carbocycles. The third kappa shape index (κ3) is 3.97. The van der Waals surface area contributed by atoms with Gasteiger partial charge in [-0.3, -0.25) is 5.10 Å².